The van der Waals surface area contributed by atoms with Gasteiger partial charge in [-0.25, -0.2) is 0 Å². The van der Waals surface area contributed by atoms with Crippen LogP contribution in [0.15, 0.2) is 0 Å². The normalized spacial score (nSPS) is 50.2. The quantitative estimate of drug-likeness (QED) is 0.699. The van der Waals surface area contributed by atoms with E-state index in [1.54, 1.807) is 31.4 Å². The molecule has 0 amide bonds. The summed E-state index contributed by atoms with van der Waals surface area (Å²) in [6.07, 6.45) is 7.00. The lowest BCUT2D eigenvalue weighted by Gasteiger charge is -2.42. The molecule has 3 saturated heterocycles. The SMILES string of the molecule is C[Si@@H]1CCOC(C2CCC(C3CCC[Si@@H]3C)[Si@H](C)C2)C1. The van der Waals surface area contributed by atoms with Crippen molar-refractivity contribution in [1.82, 2.24) is 0 Å². The predicted octanol–water partition coefficient (Wildman–Crippen LogP) is 3.90. The smallest absolute Gasteiger partial charge is 0.0574 e. The zero-order valence-electron chi connectivity index (χ0n) is 13.8. The molecule has 0 saturated carbocycles. The Kier molecular flexibility index (Phi) is 5.27. The van der Waals surface area contributed by atoms with Crippen molar-refractivity contribution in [2.24, 2.45) is 5.92 Å². The molecule has 7 atom stereocenters. The van der Waals surface area contributed by atoms with Crippen LogP contribution in [0.4, 0.5) is 0 Å². The Morgan fingerprint density at radius 2 is 1.65 bits per heavy atom. The molecule has 3 fully saturated rings. The number of hydrogen-bond donors (Lipinski definition) is 0. The van der Waals surface area contributed by atoms with Crippen molar-refractivity contribution in [1.29, 1.82) is 0 Å². The third-order valence-electron chi connectivity index (χ3n) is 6.86. The molecule has 1 nitrogen and oxygen atoms in total. The van der Waals surface area contributed by atoms with Gasteiger partial charge in [0.05, 0.1) is 6.10 Å². The van der Waals surface area contributed by atoms with Gasteiger partial charge in [-0.2, -0.15) is 0 Å². The molecule has 20 heavy (non-hydrogen) atoms. The molecular formula is C16H34OSi3. The van der Waals surface area contributed by atoms with Gasteiger partial charge in [0.15, 0.2) is 0 Å². The van der Waals surface area contributed by atoms with E-state index in [1.807, 2.05) is 0 Å². The third-order valence-corrected chi connectivity index (χ3v) is 17.0. The highest BCUT2D eigenvalue weighted by atomic mass is 28.3. The van der Waals surface area contributed by atoms with E-state index in [0.29, 0.717) is 6.10 Å². The summed E-state index contributed by atoms with van der Waals surface area (Å²) in [5.74, 6) is 0.974. The van der Waals surface area contributed by atoms with Gasteiger partial charge in [-0.15, -0.1) is 0 Å². The largest absolute Gasteiger partial charge is 0.379 e. The molecule has 3 heterocycles. The molecule has 0 aromatic carbocycles. The number of ether oxygens (including phenoxy) is 1. The van der Waals surface area contributed by atoms with Crippen molar-refractivity contribution in [2.45, 2.75) is 86.7 Å². The van der Waals surface area contributed by atoms with E-state index in [0.717, 1.165) is 12.5 Å². The van der Waals surface area contributed by atoms with E-state index >= 15 is 0 Å². The molecule has 3 aliphatic rings. The number of hydrogen-bond acceptors (Lipinski definition) is 1. The predicted molar refractivity (Wildman–Crippen MR) is 97.5 cm³/mol. The minimum atomic E-state index is -0.480. The topological polar surface area (TPSA) is 9.23 Å². The van der Waals surface area contributed by atoms with Crippen LogP contribution in [-0.2, 0) is 4.74 Å². The van der Waals surface area contributed by atoms with Crippen molar-refractivity contribution in [3.8, 4) is 0 Å². The highest BCUT2D eigenvalue weighted by Crippen LogP contribution is 2.49. The van der Waals surface area contributed by atoms with Gasteiger partial charge in [-0.05, 0) is 35.5 Å². The fourth-order valence-corrected chi connectivity index (χ4v) is 16.7. The van der Waals surface area contributed by atoms with E-state index in [9.17, 15) is 0 Å². The molecule has 116 valence electrons. The van der Waals surface area contributed by atoms with Crippen LogP contribution in [0.3, 0.4) is 0 Å². The van der Waals surface area contributed by atoms with E-state index in [-0.39, 0.29) is 8.80 Å². The van der Waals surface area contributed by atoms with Crippen LogP contribution >= 0.6 is 0 Å². The minimum absolute atomic E-state index is 0.330. The zero-order chi connectivity index (χ0) is 14.1. The molecule has 0 aliphatic carbocycles. The Bertz CT molecular complexity index is 325. The zero-order valence-corrected chi connectivity index (χ0v) is 17.3. The van der Waals surface area contributed by atoms with Crippen LogP contribution in [-0.4, -0.2) is 39.1 Å². The first-order valence-corrected chi connectivity index (χ1v) is 17.3. The van der Waals surface area contributed by atoms with Crippen molar-refractivity contribution in [2.75, 3.05) is 6.61 Å². The lowest BCUT2D eigenvalue weighted by molar-refractivity contribution is 0.0242. The summed E-state index contributed by atoms with van der Waals surface area (Å²) in [5.41, 5.74) is 2.48. The summed E-state index contributed by atoms with van der Waals surface area (Å²) in [7, 11) is -1.20. The first kappa shape index (κ1) is 15.5. The highest BCUT2D eigenvalue weighted by molar-refractivity contribution is 6.66. The first-order chi connectivity index (χ1) is 9.65. The summed E-state index contributed by atoms with van der Waals surface area (Å²) < 4.78 is 6.18. The molecule has 0 N–H and O–H groups in total. The van der Waals surface area contributed by atoms with E-state index in [2.05, 4.69) is 19.6 Å². The Labute approximate surface area is 130 Å². The van der Waals surface area contributed by atoms with Crippen molar-refractivity contribution in [3.63, 3.8) is 0 Å². The van der Waals surface area contributed by atoms with Gasteiger partial charge in [0, 0.05) is 33.0 Å². The first-order valence-electron chi connectivity index (χ1n) is 9.26. The molecule has 0 bridgehead atoms. The van der Waals surface area contributed by atoms with Crippen molar-refractivity contribution >= 4 is 26.4 Å². The van der Waals surface area contributed by atoms with Gasteiger partial charge >= 0.3 is 0 Å². The molecular weight excluding hydrogens is 292 g/mol. The monoisotopic (exact) mass is 326 g/mol. The average Bonchev–Trinajstić information content (AvgIpc) is 2.85. The van der Waals surface area contributed by atoms with E-state index < -0.39 is 17.6 Å². The molecule has 0 aromatic heterocycles. The highest BCUT2D eigenvalue weighted by Gasteiger charge is 2.40. The van der Waals surface area contributed by atoms with Gasteiger partial charge < -0.3 is 4.74 Å². The molecule has 4 heteroatoms. The summed E-state index contributed by atoms with van der Waals surface area (Å²) in [5, 5.41) is 0. The van der Waals surface area contributed by atoms with Crippen LogP contribution in [0.5, 0.6) is 0 Å². The maximum Gasteiger partial charge on any atom is 0.0574 e. The van der Waals surface area contributed by atoms with Crippen molar-refractivity contribution < 1.29 is 4.74 Å². The molecule has 3 aliphatic heterocycles. The van der Waals surface area contributed by atoms with Crippen LogP contribution in [0, 0.1) is 5.92 Å². The molecule has 3 rings (SSSR count). The lowest BCUT2D eigenvalue weighted by Crippen LogP contribution is -2.40. The Hall–Kier alpha value is 0.611. The summed E-state index contributed by atoms with van der Waals surface area (Å²) >= 11 is 0. The molecule has 0 spiro atoms. The third kappa shape index (κ3) is 3.33. The summed E-state index contributed by atoms with van der Waals surface area (Å²) in [6, 6.07) is 6.20. The average molecular weight is 327 g/mol. The fraction of sp³-hybridized carbons (Fsp3) is 1.00. The van der Waals surface area contributed by atoms with Crippen LogP contribution < -0.4 is 0 Å². The van der Waals surface area contributed by atoms with Gasteiger partial charge in [0.1, 0.15) is 0 Å². The maximum atomic E-state index is 6.18. The van der Waals surface area contributed by atoms with Gasteiger partial charge in [-0.1, -0.05) is 51.0 Å². The lowest BCUT2D eigenvalue weighted by atomic mass is 9.96. The molecule has 0 aromatic rings. The second-order valence-corrected chi connectivity index (χ2v) is 18.3. The van der Waals surface area contributed by atoms with Crippen LogP contribution in [0.25, 0.3) is 0 Å². The second-order valence-electron chi connectivity index (χ2n) is 8.33. The van der Waals surface area contributed by atoms with Crippen LogP contribution in [0.2, 0.25) is 54.9 Å². The van der Waals surface area contributed by atoms with E-state index in [1.165, 1.54) is 29.6 Å². The fourth-order valence-electron chi connectivity index (χ4n) is 5.58. The second kappa shape index (κ2) is 6.80. The molecule has 4 unspecified atom stereocenters. The van der Waals surface area contributed by atoms with Crippen LogP contribution in [0.1, 0.15) is 25.7 Å². The summed E-state index contributed by atoms with van der Waals surface area (Å²) in [4.78, 5) is 0. The Balaban J connectivity index is 1.56. The Morgan fingerprint density at radius 1 is 0.850 bits per heavy atom. The molecule has 0 radical (unpaired) electrons. The van der Waals surface area contributed by atoms with Gasteiger partial charge in [-0.3, -0.25) is 0 Å². The van der Waals surface area contributed by atoms with Gasteiger partial charge in [0.25, 0.3) is 0 Å². The number of rotatable bonds is 2. The summed E-state index contributed by atoms with van der Waals surface area (Å²) in [6.45, 7) is 9.04. The van der Waals surface area contributed by atoms with E-state index in [4.69, 9.17) is 4.74 Å². The Morgan fingerprint density at radius 3 is 2.30 bits per heavy atom. The maximum absolute atomic E-state index is 6.18. The van der Waals surface area contributed by atoms with Gasteiger partial charge in [0.2, 0.25) is 0 Å². The standard InChI is InChI=1S/C16H34OSi3/c1-18-10-8-17-14(12-18)13-6-7-16(20(3)11-13)15-5-4-9-19(15)2/h13-16,18-20H,4-12H2,1-3H3/t13?,14?,15?,16?,18-,19+,20-/m1/s1. The minimum Gasteiger partial charge on any atom is -0.379 e. The van der Waals surface area contributed by atoms with Crippen molar-refractivity contribution in [3.05, 3.63) is 0 Å².